The summed E-state index contributed by atoms with van der Waals surface area (Å²) in [5.74, 6) is 0.438. The van der Waals surface area contributed by atoms with Gasteiger partial charge in [-0.2, -0.15) is 0 Å². The normalized spacial score (nSPS) is 16.6. The van der Waals surface area contributed by atoms with Crippen LogP contribution in [0.3, 0.4) is 0 Å². The van der Waals surface area contributed by atoms with E-state index in [9.17, 15) is 9.59 Å². The fourth-order valence-electron chi connectivity index (χ4n) is 4.13. The van der Waals surface area contributed by atoms with E-state index in [1.54, 1.807) is 4.90 Å². The minimum absolute atomic E-state index is 0.00567. The van der Waals surface area contributed by atoms with Crippen LogP contribution < -0.4 is 19.9 Å². The SMILES string of the molecule is CCN1CCN(c2ccc(NC(=O)CCN3C(=O)COc4ccccc43)c(C)c2)CC1. The van der Waals surface area contributed by atoms with E-state index in [-0.39, 0.29) is 24.8 Å². The Bertz CT molecular complexity index is 954. The van der Waals surface area contributed by atoms with Crippen molar-refractivity contribution < 1.29 is 14.3 Å². The van der Waals surface area contributed by atoms with Crippen LogP contribution >= 0.6 is 0 Å². The van der Waals surface area contributed by atoms with Crippen molar-refractivity contribution in [2.75, 3.05) is 61.0 Å². The topological polar surface area (TPSA) is 65.1 Å². The Morgan fingerprint density at radius 3 is 2.61 bits per heavy atom. The first-order chi connectivity index (χ1) is 15.0. The Hall–Kier alpha value is -3.06. The number of carbonyl (C=O) groups is 2. The molecule has 4 rings (SSSR count). The Balaban J connectivity index is 1.34. The molecule has 0 aromatic heterocycles. The van der Waals surface area contributed by atoms with E-state index in [0.29, 0.717) is 12.3 Å². The molecule has 31 heavy (non-hydrogen) atoms. The summed E-state index contributed by atoms with van der Waals surface area (Å²) in [6.45, 7) is 9.85. The minimum atomic E-state index is -0.129. The Morgan fingerprint density at radius 1 is 1.10 bits per heavy atom. The summed E-state index contributed by atoms with van der Waals surface area (Å²) in [6, 6.07) is 13.6. The lowest BCUT2D eigenvalue weighted by molar-refractivity contribution is -0.121. The largest absolute Gasteiger partial charge is 0.482 e. The highest BCUT2D eigenvalue weighted by Crippen LogP contribution is 2.31. The molecule has 2 aromatic rings. The van der Waals surface area contributed by atoms with Gasteiger partial charge in [0.15, 0.2) is 6.61 Å². The number of amides is 2. The molecule has 0 bridgehead atoms. The van der Waals surface area contributed by atoms with Gasteiger partial charge in [0.05, 0.1) is 5.69 Å². The molecule has 7 heteroatoms. The van der Waals surface area contributed by atoms with Crippen molar-refractivity contribution in [2.24, 2.45) is 0 Å². The quantitative estimate of drug-likeness (QED) is 0.776. The number of carbonyl (C=O) groups excluding carboxylic acids is 2. The fourth-order valence-corrected chi connectivity index (χ4v) is 4.13. The van der Waals surface area contributed by atoms with Gasteiger partial charge in [-0.1, -0.05) is 19.1 Å². The summed E-state index contributed by atoms with van der Waals surface area (Å²) in [5, 5.41) is 3.00. The van der Waals surface area contributed by atoms with Crippen LogP contribution in [-0.2, 0) is 9.59 Å². The third-order valence-electron chi connectivity index (χ3n) is 6.04. The van der Waals surface area contributed by atoms with Crippen LogP contribution in [0.2, 0.25) is 0 Å². The van der Waals surface area contributed by atoms with E-state index in [1.165, 1.54) is 5.69 Å². The molecule has 164 valence electrons. The molecule has 1 saturated heterocycles. The number of anilines is 3. The van der Waals surface area contributed by atoms with E-state index < -0.39 is 0 Å². The van der Waals surface area contributed by atoms with Gasteiger partial charge in [-0.05, 0) is 49.4 Å². The van der Waals surface area contributed by atoms with Crippen LogP contribution in [0.15, 0.2) is 42.5 Å². The maximum absolute atomic E-state index is 12.6. The summed E-state index contributed by atoms with van der Waals surface area (Å²) in [4.78, 5) is 31.3. The van der Waals surface area contributed by atoms with Gasteiger partial charge in [-0.25, -0.2) is 0 Å². The molecular weight excluding hydrogens is 392 g/mol. The van der Waals surface area contributed by atoms with E-state index in [1.807, 2.05) is 37.3 Å². The van der Waals surface area contributed by atoms with Crippen LogP contribution in [0.1, 0.15) is 18.9 Å². The first-order valence-corrected chi connectivity index (χ1v) is 10.9. The molecule has 2 heterocycles. The van der Waals surface area contributed by atoms with Crippen LogP contribution in [-0.4, -0.2) is 62.6 Å². The number of nitrogens with zero attached hydrogens (tertiary/aromatic N) is 3. The van der Waals surface area contributed by atoms with Crippen LogP contribution in [0.5, 0.6) is 5.75 Å². The van der Waals surface area contributed by atoms with Crippen molar-refractivity contribution in [3.8, 4) is 5.75 Å². The number of fused-ring (bicyclic) bond motifs is 1. The Morgan fingerprint density at radius 2 is 1.87 bits per heavy atom. The molecule has 2 aliphatic rings. The second-order valence-electron chi connectivity index (χ2n) is 8.02. The number of para-hydroxylation sites is 2. The smallest absolute Gasteiger partial charge is 0.265 e. The van der Waals surface area contributed by atoms with Gasteiger partial charge in [0, 0.05) is 50.5 Å². The van der Waals surface area contributed by atoms with Gasteiger partial charge in [0.25, 0.3) is 5.91 Å². The third kappa shape index (κ3) is 4.82. The summed E-state index contributed by atoms with van der Waals surface area (Å²) in [5.41, 5.74) is 3.77. The van der Waals surface area contributed by atoms with Crippen molar-refractivity contribution in [3.05, 3.63) is 48.0 Å². The van der Waals surface area contributed by atoms with Crippen LogP contribution in [0, 0.1) is 6.92 Å². The lowest BCUT2D eigenvalue weighted by atomic mass is 10.1. The molecule has 1 fully saturated rings. The average Bonchev–Trinajstić information content (AvgIpc) is 2.80. The van der Waals surface area contributed by atoms with Gasteiger partial charge in [-0.3, -0.25) is 9.59 Å². The lowest BCUT2D eigenvalue weighted by Gasteiger charge is -2.35. The first-order valence-electron chi connectivity index (χ1n) is 10.9. The van der Waals surface area contributed by atoms with Crippen molar-refractivity contribution >= 4 is 28.9 Å². The molecule has 0 radical (unpaired) electrons. The first kappa shape index (κ1) is 21.2. The molecule has 0 spiro atoms. The average molecular weight is 423 g/mol. The number of nitrogens with one attached hydrogen (secondary N) is 1. The van der Waals surface area contributed by atoms with Gasteiger partial charge in [0.1, 0.15) is 5.75 Å². The second-order valence-corrected chi connectivity index (χ2v) is 8.02. The summed E-state index contributed by atoms with van der Waals surface area (Å²) in [7, 11) is 0. The fraction of sp³-hybridized carbons (Fsp3) is 0.417. The number of ether oxygens (including phenoxy) is 1. The Kier molecular flexibility index (Phi) is 6.42. The molecule has 2 aliphatic heterocycles. The van der Waals surface area contributed by atoms with E-state index in [4.69, 9.17) is 4.74 Å². The number of rotatable bonds is 6. The van der Waals surface area contributed by atoms with Gasteiger partial charge in [0.2, 0.25) is 5.91 Å². The number of benzene rings is 2. The zero-order chi connectivity index (χ0) is 21.8. The molecule has 0 unspecified atom stereocenters. The molecule has 0 atom stereocenters. The lowest BCUT2D eigenvalue weighted by Crippen LogP contribution is -2.46. The molecule has 1 N–H and O–H groups in total. The zero-order valence-electron chi connectivity index (χ0n) is 18.3. The second kappa shape index (κ2) is 9.39. The standard InChI is InChI=1S/C24H30N4O3/c1-3-26-12-14-27(15-13-26)19-8-9-20(18(2)16-19)25-23(29)10-11-28-21-6-4-5-7-22(21)31-17-24(28)30/h4-9,16H,3,10-15,17H2,1-2H3,(H,25,29). The minimum Gasteiger partial charge on any atom is -0.482 e. The summed E-state index contributed by atoms with van der Waals surface area (Å²) >= 11 is 0. The number of aryl methyl sites for hydroxylation is 1. The van der Waals surface area contributed by atoms with Gasteiger partial charge >= 0.3 is 0 Å². The van der Waals surface area contributed by atoms with E-state index in [0.717, 1.165) is 49.7 Å². The zero-order valence-corrected chi connectivity index (χ0v) is 18.3. The van der Waals surface area contributed by atoms with Crippen LogP contribution in [0.25, 0.3) is 0 Å². The van der Waals surface area contributed by atoms with Crippen LogP contribution in [0.4, 0.5) is 17.1 Å². The van der Waals surface area contributed by atoms with Crippen molar-refractivity contribution in [1.29, 1.82) is 0 Å². The summed E-state index contributed by atoms with van der Waals surface area (Å²) in [6.07, 6.45) is 0.222. The molecular formula is C24H30N4O3. The highest BCUT2D eigenvalue weighted by atomic mass is 16.5. The molecule has 7 nitrogen and oxygen atoms in total. The predicted octanol–water partition coefficient (Wildman–Crippen LogP) is 2.89. The summed E-state index contributed by atoms with van der Waals surface area (Å²) < 4.78 is 5.46. The predicted molar refractivity (Wildman–Crippen MR) is 123 cm³/mol. The highest BCUT2D eigenvalue weighted by Gasteiger charge is 2.25. The third-order valence-corrected chi connectivity index (χ3v) is 6.04. The number of hydrogen-bond donors (Lipinski definition) is 1. The van der Waals surface area contributed by atoms with Gasteiger partial charge < -0.3 is 24.8 Å². The number of hydrogen-bond acceptors (Lipinski definition) is 5. The maximum Gasteiger partial charge on any atom is 0.265 e. The van der Waals surface area contributed by atoms with Gasteiger partial charge in [-0.15, -0.1) is 0 Å². The molecule has 2 amide bonds. The van der Waals surface area contributed by atoms with E-state index in [2.05, 4.69) is 34.2 Å². The number of likely N-dealkylation sites (N-methyl/N-ethyl adjacent to an activating group) is 1. The Labute approximate surface area is 183 Å². The van der Waals surface area contributed by atoms with Crippen molar-refractivity contribution in [2.45, 2.75) is 20.3 Å². The van der Waals surface area contributed by atoms with E-state index >= 15 is 0 Å². The number of piperazine rings is 1. The maximum atomic E-state index is 12.6. The molecule has 2 aromatic carbocycles. The monoisotopic (exact) mass is 422 g/mol. The van der Waals surface area contributed by atoms with Crippen molar-refractivity contribution in [1.82, 2.24) is 4.90 Å². The highest BCUT2D eigenvalue weighted by molar-refractivity contribution is 5.99. The van der Waals surface area contributed by atoms with Crippen molar-refractivity contribution in [3.63, 3.8) is 0 Å². The molecule has 0 aliphatic carbocycles. The molecule has 0 saturated carbocycles.